The van der Waals surface area contributed by atoms with Crippen molar-refractivity contribution in [3.05, 3.63) is 71.3 Å². The van der Waals surface area contributed by atoms with Crippen molar-refractivity contribution in [3.8, 4) is 0 Å². The minimum Gasteiger partial charge on any atom is -0.508 e. The third-order valence-electron chi connectivity index (χ3n) is 7.68. The highest BCUT2D eigenvalue weighted by Gasteiger charge is 2.77. The number of Topliss-reactive ketones (excluding diaryl/α,β-unsaturated/α-hetero) is 2. The summed E-state index contributed by atoms with van der Waals surface area (Å²) in [4.78, 5) is 53.5. The van der Waals surface area contributed by atoms with Gasteiger partial charge in [-0.25, -0.2) is 4.79 Å². The Bertz CT molecular complexity index is 1210. The number of cyclic esters (lactones) is 1. The second-order valence-electron chi connectivity index (χ2n) is 9.93. The molecule has 8 nitrogen and oxygen atoms in total. The molecule has 3 saturated carbocycles. The first-order valence-corrected chi connectivity index (χ1v) is 11.7. The van der Waals surface area contributed by atoms with E-state index in [1.807, 2.05) is 0 Å². The smallest absolute Gasteiger partial charge is 0.338 e. The van der Waals surface area contributed by atoms with Gasteiger partial charge in [-0.2, -0.15) is 0 Å². The maximum atomic E-state index is 13.8. The molecule has 6 atom stereocenters. The van der Waals surface area contributed by atoms with E-state index in [0.29, 0.717) is 0 Å². The summed E-state index contributed by atoms with van der Waals surface area (Å²) in [5.41, 5.74) is -6.53. The standard InChI is InChI=1S/C28H32O8/c1-7-9-11-13-16(29)18-20-21(28(6)22(31)15(3)24(33)36-28)19(17(30)14-12-10-8-2)26(4,23(18)32)25(34)27(20,5)35/h7-14,19-21,29,31,35H,1-6H3/b9-7+,10-8+,13-11+,14-12?,18-16+/t19-,20-,21-,26-,27+,28+/m1/s1. The molecule has 0 aromatic heterocycles. The van der Waals surface area contributed by atoms with Crippen molar-refractivity contribution in [1.82, 2.24) is 0 Å². The number of hydrogen-bond acceptors (Lipinski definition) is 8. The zero-order valence-corrected chi connectivity index (χ0v) is 21.2. The number of rotatable bonds is 6. The predicted molar refractivity (Wildman–Crippen MR) is 132 cm³/mol. The highest BCUT2D eigenvalue weighted by molar-refractivity contribution is 6.24. The van der Waals surface area contributed by atoms with E-state index in [1.54, 1.807) is 38.2 Å². The van der Waals surface area contributed by atoms with Gasteiger partial charge in [0.2, 0.25) is 0 Å². The van der Waals surface area contributed by atoms with Crippen molar-refractivity contribution in [1.29, 1.82) is 0 Å². The zero-order valence-electron chi connectivity index (χ0n) is 21.2. The first-order chi connectivity index (χ1) is 16.7. The summed E-state index contributed by atoms with van der Waals surface area (Å²) in [7, 11) is 0. The van der Waals surface area contributed by atoms with Crippen LogP contribution in [0.2, 0.25) is 0 Å². The SMILES string of the molecule is C/C=C/C=CC(=O)[C@@H]1[C@@H]([C@]2(C)OC(=O)C(C)=C2O)[C@H]2/C(=C(O)/C=C/C=C/C)C(=O)[C@]1(C)C(=O)[C@@]2(C)O. The quantitative estimate of drug-likeness (QED) is 0.167. The van der Waals surface area contributed by atoms with Crippen molar-refractivity contribution in [2.75, 3.05) is 0 Å². The summed E-state index contributed by atoms with van der Waals surface area (Å²) < 4.78 is 5.59. The van der Waals surface area contributed by atoms with E-state index in [-0.39, 0.29) is 11.1 Å². The predicted octanol–water partition coefficient (Wildman–Crippen LogP) is 3.55. The van der Waals surface area contributed by atoms with Crippen molar-refractivity contribution in [2.45, 2.75) is 52.7 Å². The highest BCUT2D eigenvalue weighted by atomic mass is 16.6. The van der Waals surface area contributed by atoms with Crippen LogP contribution in [0.15, 0.2) is 71.3 Å². The monoisotopic (exact) mass is 496 g/mol. The topological polar surface area (TPSA) is 138 Å². The number of aliphatic hydroxyl groups is 3. The van der Waals surface area contributed by atoms with Crippen molar-refractivity contribution >= 4 is 23.3 Å². The molecule has 4 aliphatic rings. The fourth-order valence-corrected chi connectivity index (χ4v) is 5.93. The fourth-order valence-electron chi connectivity index (χ4n) is 5.93. The Morgan fingerprint density at radius 2 is 1.53 bits per heavy atom. The number of carbonyl (C=O) groups excluding carboxylic acids is 4. The molecule has 8 heteroatoms. The van der Waals surface area contributed by atoms with Gasteiger partial charge in [0.1, 0.15) is 22.5 Å². The van der Waals surface area contributed by atoms with Crippen LogP contribution in [0.5, 0.6) is 0 Å². The van der Waals surface area contributed by atoms with E-state index in [2.05, 4.69) is 0 Å². The Balaban J connectivity index is 2.41. The van der Waals surface area contributed by atoms with E-state index < -0.39 is 69.2 Å². The molecule has 0 aromatic carbocycles. The van der Waals surface area contributed by atoms with Gasteiger partial charge in [-0.1, -0.05) is 36.5 Å². The van der Waals surface area contributed by atoms with Gasteiger partial charge in [-0.3, -0.25) is 14.4 Å². The maximum absolute atomic E-state index is 13.8. The minimum absolute atomic E-state index is 0.0835. The summed E-state index contributed by atoms with van der Waals surface area (Å²) >= 11 is 0. The summed E-state index contributed by atoms with van der Waals surface area (Å²) in [6.07, 6.45) is 12.0. The number of esters is 1. The molecule has 0 aromatic rings. The molecule has 0 spiro atoms. The third-order valence-corrected chi connectivity index (χ3v) is 7.68. The van der Waals surface area contributed by atoms with E-state index in [9.17, 15) is 34.5 Å². The van der Waals surface area contributed by atoms with Gasteiger partial charge in [-0.15, -0.1) is 0 Å². The molecule has 0 radical (unpaired) electrons. The molecule has 0 amide bonds. The molecule has 1 heterocycles. The van der Waals surface area contributed by atoms with E-state index in [1.165, 1.54) is 52.0 Å². The van der Waals surface area contributed by atoms with Crippen LogP contribution in [0.3, 0.4) is 0 Å². The second kappa shape index (κ2) is 9.17. The van der Waals surface area contributed by atoms with Gasteiger partial charge in [0, 0.05) is 23.3 Å². The van der Waals surface area contributed by atoms with Crippen LogP contribution < -0.4 is 0 Å². The molecule has 192 valence electrons. The first kappa shape index (κ1) is 27.1. The van der Waals surface area contributed by atoms with Gasteiger partial charge in [0.15, 0.2) is 23.0 Å². The molecule has 1 aliphatic heterocycles. The number of aliphatic hydroxyl groups excluding tert-OH is 2. The van der Waals surface area contributed by atoms with Gasteiger partial charge in [0.05, 0.1) is 5.57 Å². The lowest BCUT2D eigenvalue weighted by molar-refractivity contribution is -0.203. The molecular formula is C28H32O8. The van der Waals surface area contributed by atoms with Gasteiger partial charge >= 0.3 is 5.97 Å². The van der Waals surface area contributed by atoms with Crippen molar-refractivity contribution in [2.24, 2.45) is 23.2 Å². The van der Waals surface area contributed by atoms with Gasteiger partial charge in [0.25, 0.3) is 0 Å². The van der Waals surface area contributed by atoms with Crippen LogP contribution in [-0.2, 0) is 23.9 Å². The van der Waals surface area contributed by atoms with E-state index >= 15 is 0 Å². The molecule has 0 saturated heterocycles. The van der Waals surface area contributed by atoms with Crippen LogP contribution in [0.25, 0.3) is 0 Å². The molecule has 3 fully saturated rings. The number of carbonyl (C=O) groups is 4. The second-order valence-corrected chi connectivity index (χ2v) is 9.93. The number of hydrogen-bond donors (Lipinski definition) is 3. The van der Waals surface area contributed by atoms with Crippen molar-refractivity contribution < 1.29 is 39.2 Å². The van der Waals surface area contributed by atoms with E-state index in [0.717, 1.165) is 0 Å². The zero-order chi connectivity index (χ0) is 27.2. The number of fused-ring (bicyclic) bond motifs is 3. The number of ether oxygens (including phenoxy) is 1. The lowest BCUT2D eigenvalue weighted by Gasteiger charge is -2.60. The number of ketones is 3. The van der Waals surface area contributed by atoms with Crippen LogP contribution >= 0.6 is 0 Å². The van der Waals surface area contributed by atoms with Gasteiger partial charge < -0.3 is 20.1 Å². The molecule has 0 unspecified atom stereocenters. The lowest BCUT2D eigenvalue weighted by Crippen LogP contribution is -2.75. The summed E-state index contributed by atoms with van der Waals surface area (Å²) in [6, 6.07) is 0. The highest BCUT2D eigenvalue weighted by Crippen LogP contribution is 2.64. The summed E-state index contributed by atoms with van der Waals surface area (Å²) in [6.45, 7) is 8.72. The molecule has 2 bridgehead atoms. The Labute approximate surface area is 210 Å². The number of allylic oxidation sites excluding steroid dienone is 8. The Morgan fingerprint density at radius 3 is 2.03 bits per heavy atom. The Morgan fingerprint density at radius 1 is 0.972 bits per heavy atom. The first-order valence-electron chi connectivity index (χ1n) is 11.7. The average molecular weight is 497 g/mol. The molecule has 36 heavy (non-hydrogen) atoms. The van der Waals surface area contributed by atoms with Gasteiger partial charge in [-0.05, 0) is 53.7 Å². The lowest BCUT2D eigenvalue weighted by atomic mass is 9.40. The van der Waals surface area contributed by atoms with Crippen LogP contribution in [0.1, 0.15) is 41.5 Å². The average Bonchev–Trinajstić information content (AvgIpc) is 3.01. The molecule has 3 N–H and O–H groups in total. The minimum atomic E-state index is -2.22. The fraction of sp³-hybridized carbons (Fsp3) is 0.429. The van der Waals surface area contributed by atoms with Crippen molar-refractivity contribution in [3.63, 3.8) is 0 Å². The summed E-state index contributed by atoms with van der Waals surface area (Å²) in [5, 5.41) is 33.5. The molecule has 3 aliphatic carbocycles. The largest absolute Gasteiger partial charge is 0.508 e. The molecular weight excluding hydrogens is 464 g/mol. The van der Waals surface area contributed by atoms with Crippen LogP contribution in [-0.4, -0.2) is 49.8 Å². The maximum Gasteiger partial charge on any atom is 0.338 e. The van der Waals surface area contributed by atoms with Crippen LogP contribution in [0.4, 0.5) is 0 Å². The Kier molecular flexibility index (Phi) is 6.89. The third kappa shape index (κ3) is 3.63. The molecule has 4 rings (SSSR count). The normalized spacial score (nSPS) is 38.4. The van der Waals surface area contributed by atoms with Crippen LogP contribution in [0, 0.1) is 23.2 Å². The van der Waals surface area contributed by atoms with E-state index in [4.69, 9.17) is 4.74 Å². The summed E-state index contributed by atoms with van der Waals surface area (Å²) in [5.74, 6) is -8.17. The Hall–Kier alpha value is -3.52.